The first-order valence-electron chi connectivity index (χ1n) is 1.72. The van der Waals surface area contributed by atoms with Crippen molar-refractivity contribution >= 4 is 59.7 Å². The van der Waals surface area contributed by atoms with Gasteiger partial charge in [0.1, 0.15) is 0 Å². The molecular formula is CHCl4O3PS. The Hall–Kier alpha value is 1.34. The molecule has 0 bridgehead atoms. The molecule has 0 aromatic carbocycles. The third-order valence-corrected chi connectivity index (χ3v) is 8.30. The summed E-state index contributed by atoms with van der Waals surface area (Å²) in [6, 6.07) is 0. The van der Waals surface area contributed by atoms with Crippen molar-refractivity contribution in [2.45, 2.75) is 4.45 Å². The summed E-state index contributed by atoms with van der Waals surface area (Å²) >= 11 is 14.8. The van der Waals surface area contributed by atoms with Gasteiger partial charge in [0.15, 0.2) is 0 Å². The zero-order chi connectivity index (χ0) is 8.58. The molecule has 0 rings (SSSR count). The normalized spacial score (nSPS) is 16.8. The fourth-order valence-corrected chi connectivity index (χ4v) is 4.95. The van der Waals surface area contributed by atoms with E-state index in [0.717, 1.165) is 0 Å². The van der Waals surface area contributed by atoms with Gasteiger partial charge in [0.05, 0.1) is 0 Å². The molecule has 0 aliphatic carbocycles. The highest BCUT2D eigenvalue weighted by atomic mass is 35.9. The van der Waals surface area contributed by atoms with Gasteiger partial charge in [-0.3, -0.25) is 4.57 Å². The summed E-state index contributed by atoms with van der Waals surface area (Å²) in [4.78, 5) is 0. The lowest BCUT2D eigenvalue weighted by Gasteiger charge is -2.04. The van der Waals surface area contributed by atoms with Gasteiger partial charge in [0.2, 0.25) is 4.45 Å². The molecule has 1 atom stereocenters. The first kappa shape index (κ1) is 11.3. The first-order chi connectivity index (χ1) is 4.15. The SMILES string of the molecule is O=P(Cl)(Cl)C(Cl)S(=O)(=O)Cl. The molecule has 3 nitrogen and oxygen atoms in total. The highest BCUT2D eigenvalue weighted by Crippen LogP contribution is 2.64. The fraction of sp³-hybridized carbons (Fsp3) is 1.00. The van der Waals surface area contributed by atoms with E-state index in [2.05, 4.69) is 10.7 Å². The largest absolute Gasteiger partial charge is 0.286 e. The topological polar surface area (TPSA) is 51.2 Å². The molecule has 0 saturated heterocycles. The van der Waals surface area contributed by atoms with Crippen molar-refractivity contribution in [3.63, 3.8) is 0 Å². The average molecular weight is 266 g/mol. The smallest absolute Gasteiger partial charge is 0.286 e. The van der Waals surface area contributed by atoms with Crippen molar-refractivity contribution in [1.82, 2.24) is 0 Å². The maximum atomic E-state index is 10.5. The molecular weight excluding hydrogens is 265 g/mol. The van der Waals surface area contributed by atoms with Crippen LogP contribution in [0.2, 0.25) is 0 Å². The first-order valence-corrected chi connectivity index (χ1v) is 8.12. The van der Waals surface area contributed by atoms with E-state index in [1.807, 2.05) is 0 Å². The molecule has 1 unspecified atom stereocenters. The number of hydrogen-bond donors (Lipinski definition) is 0. The molecule has 9 heteroatoms. The lowest BCUT2D eigenvalue weighted by molar-refractivity contribution is 0.590. The summed E-state index contributed by atoms with van der Waals surface area (Å²) in [5.41, 5.74) is 0. The van der Waals surface area contributed by atoms with Crippen molar-refractivity contribution in [3.8, 4) is 0 Å². The van der Waals surface area contributed by atoms with E-state index in [-0.39, 0.29) is 0 Å². The van der Waals surface area contributed by atoms with Gasteiger partial charge in [0.25, 0.3) is 14.9 Å². The molecule has 0 N–H and O–H groups in total. The minimum Gasteiger partial charge on any atom is -0.286 e. The molecule has 0 aromatic heterocycles. The van der Waals surface area contributed by atoms with Crippen LogP contribution in [-0.2, 0) is 13.6 Å². The maximum Gasteiger partial charge on any atom is 0.286 e. The monoisotopic (exact) mass is 264 g/mol. The van der Waals surface area contributed by atoms with Crippen LogP contribution in [0.15, 0.2) is 0 Å². The van der Waals surface area contributed by atoms with E-state index in [9.17, 15) is 13.0 Å². The fourth-order valence-electron chi connectivity index (χ4n) is 0.147. The van der Waals surface area contributed by atoms with E-state index in [1.165, 1.54) is 0 Å². The van der Waals surface area contributed by atoms with Gasteiger partial charge in [-0.25, -0.2) is 8.42 Å². The van der Waals surface area contributed by atoms with Gasteiger partial charge < -0.3 is 0 Å². The zero-order valence-electron chi connectivity index (χ0n) is 4.17. The number of alkyl halides is 1. The van der Waals surface area contributed by atoms with E-state index in [1.54, 1.807) is 0 Å². The predicted molar refractivity (Wildman–Crippen MR) is 43.7 cm³/mol. The van der Waals surface area contributed by atoms with E-state index >= 15 is 0 Å². The molecule has 0 heterocycles. The highest BCUT2D eigenvalue weighted by molar-refractivity contribution is 8.27. The number of hydrogen-bond acceptors (Lipinski definition) is 3. The minimum atomic E-state index is -4.15. The molecule has 0 aliphatic heterocycles. The van der Waals surface area contributed by atoms with E-state index in [4.69, 9.17) is 34.1 Å². The molecule has 62 valence electrons. The van der Waals surface area contributed by atoms with Crippen LogP contribution in [0.3, 0.4) is 0 Å². The van der Waals surface area contributed by atoms with Crippen molar-refractivity contribution in [2.75, 3.05) is 0 Å². The van der Waals surface area contributed by atoms with Gasteiger partial charge >= 0.3 is 0 Å². The molecule has 0 fully saturated rings. The second-order valence-corrected chi connectivity index (χ2v) is 10.4. The van der Waals surface area contributed by atoms with Crippen LogP contribution in [0.5, 0.6) is 0 Å². The van der Waals surface area contributed by atoms with Gasteiger partial charge in [0, 0.05) is 10.7 Å². The minimum absolute atomic E-state index is 1.94. The summed E-state index contributed by atoms with van der Waals surface area (Å²) in [7, 11) is 0.518. The van der Waals surface area contributed by atoms with Crippen LogP contribution in [0.4, 0.5) is 0 Å². The molecule has 10 heavy (non-hydrogen) atoms. The molecule has 0 radical (unpaired) electrons. The predicted octanol–water partition coefficient (Wildman–Crippen LogP) is 2.75. The maximum absolute atomic E-state index is 10.5. The number of halogens is 4. The van der Waals surface area contributed by atoms with Gasteiger partial charge in [-0.1, -0.05) is 11.6 Å². The second-order valence-electron chi connectivity index (χ2n) is 1.27. The van der Waals surface area contributed by atoms with Crippen LogP contribution < -0.4 is 0 Å². The highest BCUT2D eigenvalue weighted by Gasteiger charge is 2.37. The van der Waals surface area contributed by atoms with E-state index < -0.39 is 19.3 Å². The molecule has 0 spiro atoms. The Morgan fingerprint density at radius 2 is 1.60 bits per heavy atom. The van der Waals surface area contributed by atoms with Crippen LogP contribution in [0, 0.1) is 0 Å². The van der Waals surface area contributed by atoms with Crippen LogP contribution in [0.1, 0.15) is 0 Å². The van der Waals surface area contributed by atoms with Gasteiger partial charge in [-0.15, -0.1) is 0 Å². The summed E-state index contributed by atoms with van der Waals surface area (Å²) in [5, 5.41) is 0. The Labute approximate surface area is 77.0 Å². The Morgan fingerprint density at radius 3 is 1.60 bits per heavy atom. The molecule has 0 aliphatic rings. The van der Waals surface area contributed by atoms with Crippen molar-refractivity contribution in [2.24, 2.45) is 0 Å². The van der Waals surface area contributed by atoms with Crippen molar-refractivity contribution in [3.05, 3.63) is 0 Å². The van der Waals surface area contributed by atoms with Crippen LogP contribution >= 0.6 is 50.6 Å². The second kappa shape index (κ2) is 3.38. The van der Waals surface area contributed by atoms with Gasteiger partial charge in [-0.05, 0) is 22.5 Å². The van der Waals surface area contributed by atoms with Crippen molar-refractivity contribution in [1.29, 1.82) is 0 Å². The summed E-state index contributed by atoms with van der Waals surface area (Å²) in [5.74, 6) is -3.89. The third-order valence-electron chi connectivity index (χ3n) is 0.469. The Bertz CT molecular complexity index is 252. The lowest BCUT2D eigenvalue weighted by Crippen LogP contribution is -2.03. The summed E-state index contributed by atoms with van der Waals surface area (Å²) in [6.07, 6.45) is 0. The number of rotatable bonds is 2. The Kier molecular flexibility index (Phi) is 3.83. The third kappa shape index (κ3) is 3.65. The standard InChI is InChI=1S/CHCl4O3PS/c2-1(9(3,4)6)10(5,7)8/h1H. The molecule has 0 amide bonds. The molecule has 0 saturated carbocycles. The molecule has 0 aromatic rings. The Balaban J connectivity index is 4.74. The van der Waals surface area contributed by atoms with Crippen LogP contribution in [0.25, 0.3) is 0 Å². The quantitative estimate of drug-likeness (QED) is 0.438. The average Bonchev–Trinajstić information content (AvgIpc) is 1.59. The van der Waals surface area contributed by atoms with Crippen molar-refractivity contribution < 1.29 is 13.0 Å². The summed E-state index contributed by atoms with van der Waals surface area (Å²) in [6.45, 7) is 0. The lowest BCUT2D eigenvalue weighted by atomic mass is 11.9. The Morgan fingerprint density at radius 1 is 1.30 bits per heavy atom. The van der Waals surface area contributed by atoms with Crippen LogP contribution in [-0.4, -0.2) is 12.9 Å². The van der Waals surface area contributed by atoms with Gasteiger partial charge in [-0.2, -0.15) is 0 Å². The summed E-state index contributed by atoms with van der Waals surface area (Å²) < 4.78 is 29.1. The zero-order valence-corrected chi connectivity index (χ0v) is 8.90. The van der Waals surface area contributed by atoms with E-state index in [0.29, 0.717) is 0 Å².